The van der Waals surface area contributed by atoms with Gasteiger partial charge in [-0.2, -0.15) is 30.7 Å². The van der Waals surface area contributed by atoms with Crippen molar-refractivity contribution >= 4 is 5.97 Å². The van der Waals surface area contributed by atoms with Crippen molar-refractivity contribution in [2.24, 2.45) is 0 Å². The molecule has 1 aliphatic rings. The number of epoxide rings is 1. The van der Waals surface area contributed by atoms with E-state index in [0.717, 1.165) is 0 Å². The van der Waals surface area contributed by atoms with Crippen molar-refractivity contribution in [3.8, 4) is 0 Å². The molecule has 1 unspecified atom stereocenters. The summed E-state index contributed by atoms with van der Waals surface area (Å²) in [5.41, 5.74) is 0. The zero-order valence-corrected chi connectivity index (χ0v) is 7.86. The predicted octanol–water partition coefficient (Wildman–Crippen LogP) is 1.76. The molecule has 100 valence electrons. The van der Waals surface area contributed by atoms with E-state index in [9.17, 15) is 35.5 Å². The lowest BCUT2D eigenvalue weighted by Gasteiger charge is -2.26. The largest absolute Gasteiger partial charge is 0.460 e. The smallest absolute Gasteiger partial charge is 0.458 e. The molecule has 0 saturated carbocycles. The Morgan fingerprint density at radius 3 is 2.00 bits per heavy atom. The van der Waals surface area contributed by atoms with Crippen LogP contribution < -0.4 is 0 Å². The van der Waals surface area contributed by atoms with Gasteiger partial charge in [0, 0.05) is 0 Å². The molecule has 10 heteroatoms. The number of hydrogen-bond donors (Lipinski definition) is 0. The first kappa shape index (κ1) is 14.0. The highest BCUT2D eigenvalue weighted by atomic mass is 19.4. The summed E-state index contributed by atoms with van der Waals surface area (Å²) < 4.78 is 92.7. The molecule has 0 amide bonds. The highest BCUT2D eigenvalue weighted by molar-refractivity contribution is 5.79. The summed E-state index contributed by atoms with van der Waals surface area (Å²) in [7, 11) is 0. The van der Waals surface area contributed by atoms with Crippen LogP contribution in [0.15, 0.2) is 0 Å². The van der Waals surface area contributed by atoms with Crippen LogP contribution in [0.4, 0.5) is 30.7 Å². The fourth-order valence-corrected chi connectivity index (χ4v) is 0.730. The van der Waals surface area contributed by atoms with Crippen LogP contribution in [0.25, 0.3) is 0 Å². The van der Waals surface area contributed by atoms with Crippen LogP contribution in [0.1, 0.15) is 0 Å². The minimum atomic E-state index is -6.55. The summed E-state index contributed by atoms with van der Waals surface area (Å²) in [5.74, 6) is -15.4. The summed E-state index contributed by atoms with van der Waals surface area (Å²) in [6.45, 7) is -0.725. The van der Waals surface area contributed by atoms with Crippen molar-refractivity contribution in [3.05, 3.63) is 0 Å². The van der Waals surface area contributed by atoms with Gasteiger partial charge in [0.05, 0.1) is 6.61 Å². The number of esters is 1. The van der Waals surface area contributed by atoms with Crippen molar-refractivity contribution < 1.29 is 45.0 Å². The second kappa shape index (κ2) is 4.00. The van der Waals surface area contributed by atoms with Crippen molar-refractivity contribution in [2.45, 2.75) is 24.1 Å². The third-order valence-corrected chi connectivity index (χ3v) is 1.81. The van der Waals surface area contributed by atoms with Gasteiger partial charge in [-0.25, -0.2) is 4.79 Å². The molecule has 0 bridgehead atoms. The lowest BCUT2D eigenvalue weighted by atomic mass is 10.1. The van der Waals surface area contributed by atoms with E-state index in [-0.39, 0.29) is 6.61 Å². The lowest BCUT2D eigenvalue weighted by molar-refractivity contribution is -0.348. The number of halogens is 7. The van der Waals surface area contributed by atoms with Crippen molar-refractivity contribution in [3.63, 3.8) is 0 Å². The average molecular weight is 270 g/mol. The minimum absolute atomic E-state index is 0.0640. The van der Waals surface area contributed by atoms with Gasteiger partial charge in [0.15, 0.2) is 0 Å². The van der Waals surface area contributed by atoms with E-state index in [0.29, 0.717) is 0 Å². The normalized spacial score (nSPS) is 21.2. The van der Waals surface area contributed by atoms with E-state index in [2.05, 4.69) is 9.47 Å². The second-order valence-electron chi connectivity index (χ2n) is 3.20. The van der Waals surface area contributed by atoms with Crippen LogP contribution in [-0.2, 0) is 14.3 Å². The topological polar surface area (TPSA) is 38.8 Å². The zero-order valence-electron chi connectivity index (χ0n) is 7.86. The molecule has 1 saturated heterocycles. The molecule has 1 heterocycles. The minimum Gasteiger partial charge on any atom is -0.458 e. The van der Waals surface area contributed by atoms with E-state index >= 15 is 0 Å². The molecule has 0 aromatic carbocycles. The summed E-state index contributed by atoms with van der Waals surface area (Å²) in [6.07, 6.45) is -7.28. The standard InChI is InChI=1S/C7H5F7O3/c8-5(9,6(10,11)7(12,13)14)4(15)17-2-3-1-16-3/h3H,1-2H2. The first-order chi connectivity index (χ1) is 7.50. The average Bonchev–Trinajstić information content (AvgIpc) is 2.95. The number of carbonyl (C=O) groups is 1. The molecule has 1 atom stereocenters. The number of alkyl halides is 7. The van der Waals surface area contributed by atoms with Gasteiger partial charge in [0.25, 0.3) is 0 Å². The van der Waals surface area contributed by atoms with E-state index in [1.165, 1.54) is 0 Å². The Labute approximate surface area is 89.5 Å². The van der Waals surface area contributed by atoms with Gasteiger partial charge in [0.2, 0.25) is 0 Å². The van der Waals surface area contributed by atoms with Crippen molar-refractivity contribution in [2.75, 3.05) is 13.2 Å². The SMILES string of the molecule is O=C(OCC1CO1)C(F)(F)C(F)(F)C(F)(F)F. The van der Waals surface area contributed by atoms with Crippen LogP contribution >= 0.6 is 0 Å². The maximum Gasteiger partial charge on any atom is 0.460 e. The van der Waals surface area contributed by atoms with E-state index in [4.69, 9.17) is 0 Å². The van der Waals surface area contributed by atoms with Crippen LogP contribution in [0.3, 0.4) is 0 Å². The van der Waals surface area contributed by atoms with Crippen molar-refractivity contribution in [1.29, 1.82) is 0 Å². The van der Waals surface area contributed by atoms with Gasteiger partial charge in [-0.1, -0.05) is 0 Å². The molecular weight excluding hydrogens is 265 g/mol. The third-order valence-electron chi connectivity index (χ3n) is 1.81. The van der Waals surface area contributed by atoms with Gasteiger partial charge in [-0.05, 0) is 0 Å². The first-order valence-corrected chi connectivity index (χ1v) is 4.11. The quantitative estimate of drug-likeness (QED) is 0.444. The Hall–Kier alpha value is -1.06. The maximum atomic E-state index is 12.6. The lowest BCUT2D eigenvalue weighted by Crippen LogP contribution is -2.56. The van der Waals surface area contributed by atoms with Crippen LogP contribution in [0.2, 0.25) is 0 Å². The van der Waals surface area contributed by atoms with Crippen LogP contribution in [0.5, 0.6) is 0 Å². The molecule has 0 spiro atoms. The van der Waals surface area contributed by atoms with Crippen LogP contribution in [-0.4, -0.2) is 43.3 Å². The van der Waals surface area contributed by atoms with E-state index < -0.39 is 36.7 Å². The Bertz CT molecular complexity index is 307. The van der Waals surface area contributed by atoms with Crippen LogP contribution in [0, 0.1) is 0 Å². The summed E-state index contributed by atoms with van der Waals surface area (Å²) in [5, 5.41) is 0. The van der Waals surface area contributed by atoms with Gasteiger partial charge in [-0.15, -0.1) is 0 Å². The first-order valence-electron chi connectivity index (χ1n) is 4.11. The third kappa shape index (κ3) is 2.61. The summed E-state index contributed by atoms with van der Waals surface area (Å²) in [6, 6.07) is 0. The Balaban J connectivity index is 2.73. The number of rotatable bonds is 4. The second-order valence-corrected chi connectivity index (χ2v) is 3.20. The maximum absolute atomic E-state index is 12.6. The Morgan fingerprint density at radius 1 is 1.18 bits per heavy atom. The molecule has 3 nitrogen and oxygen atoms in total. The molecule has 17 heavy (non-hydrogen) atoms. The van der Waals surface area contributed by atoms with Gasteiger partial charge >= 0.3 is 24.0 Å². The van der Waals surface area contributed by atoms with Gasteiger partial charge in [-0.3, -0.25) is 0 Å². The molecule has 1 fully saturated rings. The molecule has 0 radical (unpaired) electrons. The highest BCUT2D eigenvalue weighted by Gasteiger charge is 2.77. The van der Waals surface area contributed by atoms with Gasteiger partial charge in [0.1, 0.15) is 12.7 Å². The monoisotopic (exact) mass is 270 g/mol. The fourth-order valence-electron chi connectivity index (χ4n) is 0.730. The molecular formula is C7H5F7O3. The highest BCUT2D eigenvalue weighted by Crippen LogP contribution is 2.46. The fraction of sp³-hybridized carbons (Fsp3) is 0.857. The number of hydrogen-bond acceptors (Lipinski definition) is 3. The van der Waals surface area contributed by atoms with E-state index in [1.54, 1.807) is 0 Å². The van der Waals surface area contributed by atoms with Gasteiger partial charge < -0.3 is 9.47 Å². The molecule has 0 aromatic rings. The Morgan fingerprint density at radius 2 is 1.65 bits per heavy atom. The predicted molar refractivity (Wildman–Crippen MR) is 36.6 cm³/mol. The number of ether oxygens (including phenoxy) is 2. The molecule has 1 rings (SSSR count). The molecule has 0 aromatic heterocycles. The number of carbonyl (C=O) groups excluding carboxylic acids is 1. The van der Waals surface area contributed by atoms with E-state index in [1.807, 2.05) is 0 Å². The van der Waals surface area contributed by atoms with Crippen molar-refractivity contribution in [1.82, 2.24) is 0 Å². The summed E-state index contributed by atoms with van der Waals surface area (Å²) >= 11 is 0. The Kier molecular flexibility index (Phi) is 3.29. The molecule has 0 N–H and O–H groups in total. The molecule has 1 aliphatic heterocycles. The zero-order chi connectivity index (χ0) is 13.5. The summed E-state index contributed by atoms with van der Waals surface area (Å²) in [4.78, 5) is 10.5. The molecule has 0 aliphatic carbocycles.